The summed E-state index contributed by atoms with van der Waals surface area (Å²) in [7, 11) is 0. The number of aliphatic hydroxyl groups excluding tert-OH is 1. The van der Waals surface area contributed by atoms with Crippen molar-refractivity contribution in [3.63, 3.8) is 0 Å². The van der Waals surface area contributed by atoms with Gasteiger partial charge in [-0.3, -0.25) is 19.8 Å². The molecule has 0 aliphatic carbocycles. The summed E-state index contributed by atoms with van der Waals surface area (Å²) in [6, 6.07) is 13.0. The number of benzene rings is 2. The molecule has 1 fully saturated rings. The van der Waals surface area contributed by atoms with Gasteiger partial charge in [-0.2, -0.15) is 0 Å². The van der Waals surface area contributed by atoms with Gasteiger partial charge in [0.1, 0.15) is 18.1 Å². The molecule has 11 nitrogen and oxygen atoms in total. The topological polar surface area (TPSA) is 146 Å². The molecule has 2 heterocycles. The molecular formula is C24H22N2O9. The van der Waals surface area contributed by atoms with Crippen LogP contribution >= 0.6 is 0 Å². The van der Waals surface area contributed by atoms with Crippen LogP contribution in [0.2, 0.25) is 0 Å². The van der Waals surface area contributed by atoms with E-state index in [1.807, 2.05) is 0 Å². The van der Waals surface area contributed by atoms with E-state index in [0.29, 0.717) is 5.56 Å². The predicted octanol–water partition coefficient (Wildman–Crippen LogP) is 2.92. The Labute approximate surface area is 199 Å². The quantitative estimate of drug-likeness (QED) is 0.207. The number of ether oxygens (including phenoxy) is 3. The molecular weight excluding hydrogens is 460 g/mol. The molecule has 0 saturated carbocycles. The van der Waals surface area contributed by atoms with Gasteiger partial charge >= 0.3 is 12.1 Å². The van der Waals surface area contributed by atoms with E-state index in [0.717, 1.165) is 0 Å². The van der Waals surface area contributed by atoms with Gasteiger partial charge in [-0.25, -0.2) is 9.59 Å². The summed E-state index contributed by atoms with van der Waals surface area (Å²) in [4.78, 5) is 49.6. The highest BCUT2D eigenvalue weighted by molar-refractivity contribution is 6.00. The molecule has 1 N–H and O–H groups in total. The maximum Gasteiger partial charge on any atom is 0.519 e. The van der Waals surface area contributed by atoms with E-state index in [1.54, 1.807) is 37.3 Å². The van der Waals surface area contributed by atoms with Crippen LogP contribution in [0.15, 0.2) is 66.1 Å². The number of nitrogens with zero attached hydrogens (tertiary/aromatic N) is 2. The number of para-hydroxylation sites is 1. The molecule has 0 radical (unpaired) electrons. The number of carbonyl (C=O) groups excluding carboxylic acids is 3. The Morgan fingerprint density at radius 3 is 2.37 bits per heavy atom. The number of aliphatic hydroxyl groups is 1. The Balaban J connectivity index is 1.55. The van der Waals surface area contributed by atoms with Gasteiger partial charge in [0.15, 0.2) is 5.70 Å². The number of hydrogen-bond donors (Lipinski definition) is 1. The average molecular weight is 482 g/mol. The first-order valence-electron chi connectivity index (χ1n) is 10.8. The standard InChI is InChI=1S/C24H22N2O9/c1-13-19-18(14(2)27)22(28)25(19)20(21(13)35-24(30)34-17-6-4-3-5-7-17)23(29)33-12-15-8-10-16(11-9-15)26(31)32/h3-11,13-14,18-19,27H,12H2,1-2H3/t13-,14-,18-,19-/m1/s1. The fourth-order valence-electron chi connectivity index (χ4n) is 4.27. The van der Waals surface area contributed by atoms with Gasteiger partial charge in [0, 0.05) is 18.1 Å². The highest BCUT2D eigenvalue weighted by Crippen LogP contribution is 2.47. The van der Waals surface area contributed by atoms with Gasteiger partial charge < -0.3 is 19.3 Å². The second-order valence-corrected chi connectivity index (χ2v) is 8.23. The molecule has 4 atom stereocenters. The Morgan fingerprint density at radius 1 is 1.11 bits per heavy atom. The van der Waals surface area contributed by atoms with E-state index in [4.69, 9.17) is 14.2 Å². The summed E-state index contributed by atoms with van der Waals surface area (Å²) >= 11 is 0. The average Bonchev–Trinajstić information content (AvgIpc) is 3.06. The maximum absolute atomic E-state index is 13.0. The molecule has 0 bridgehead atoms. The van der Waals surface area contributed by atoms with Crippen molar-refractivity contribution in [3.05, 3.63) is 81.7 Å². The number of amides is 1. The third-order valence-corrected chi connectivity index (χ3v) is 5.96. The number of rotatable bonds is 7. The minimum atomic E-state index is -1.10. The zero-order valence-corrected chi connectivity index (χ0v) is 18.8. The van der Waals surface area contributed by atoms with Crippen molar-refractivity contribution < 1.29 is 38.6 Å². The van der Waals surface area contributed by atoms with Crippen molar-refractivity contribution in [2.45, 2.75) is 32.6 Å². The molecule has 2 aliphatic heterocycles. The van der Waals surface area contributed by atoms with E-state index >= 15 is 0 Å². The molecule has 4 rings (SSSR count). The van der Waals surface area contributed by atoms with Crippen LogP contribution in [0.25, 0.3) is 0 Å². The summed E-state index contributed by atoms with van der Waals surface area (Å²) in [5.74, 6) is -2.65. The summed E-state index contributed by atoms with van der Waals surface area (Å²) in [5.41, 5.74) is 0.129. The molecule has 1 saturated heterocycles. The number of non-ortho nitro benzene ring substituents is 1. The largest absolute Gasteiger partial charge is 0.519 e. The minimum Gasteiger partial charge on any atom is -0.456 e. The fourth-order valence-corrected chi connectivity index (χ4v) is 4.27. The van der Waals surface area contributed by atoms with Crippen LogP contribution in [0.4, 0.5) is 10.5 Å². The van der Waals surface area contributed by atoms with E-state index in [2.05, 4.69) is 0 Å². The summed E-state index contributed by atoms with van der Waals surface area (Å²) in [6.07, 6.45) is -2.07. The molecule has 11 heteroatoms. The lowest BCUT2D eigenvalue weighted by Crippen LogP contribution is -2.63. The maximum atomic E-state index is 13.0. The molecule has 2 aromatic carbocycles. The summed E-state index contributed by atoms with van der Waals surface area (Å²) < 4.78 is 15.9. The molecule has 182 valence electrons. The molecule has 2 aliphatic rings. The lowest BCUT2D eigenvalue weighted by Gasteiger charge is -2.46. The molecule has 2 aromatic rings. The first-order chi connectivity index (χ1) is 16.7. The third-order valence-electron chi connectivity index (χ3n) is 5.96. The number of β-lactam (4-membered cyclic amide) rings is 1. The number of esters is 1. The fraction of sp³-hybridized carbons (Fsp3) is 0.292. The molecule has 0 aromatic heterocycles. The first kappa shape index (κ1) is 23.9. The Bertz CT molecular complexity index is 1190. The van der Waals surface area contributed by atoms with Crippen LogP contribution in [0, 0.1) is 22.0 Å². The van der Waals surface area contributed by atoms with Gasteiger partial charge in [0.2, 0.25) is 5.91 Å². The number of hydrogen-bond acceptors (Lipinski definition) is 9. The van der Waals surface area contributed by atoms with Crippen LogP contribution in [-0.4, -0.2) is 45.1 Å². The zero-order valence-electron chi connectivity index (χ0n) is 18.8. The number of fused-ring (bicyclic) bond motifs is 1. The Hall–Kier alpha value is -4.25. The van der Waals surface area contributed by atoms with E-state index in [-0.39, 0.29) is 29.5 Å². The van der Waals surface area contributed by atoms with Crippen molar-refractivity contribution in [3.8, 4) is 5.75 Å². The van der Waals surface area contributed by atoms with Gasteiger partial charge in [-0.05, 0) is 36.8 Å². The monoisotopic (exact) mass is 482 g/mol. The molecule has 35 heavy (non-hydrogen) atoms. The summed E-state index contributed by atoms with van der Waals surface area (Å²) in [6.45, 7) is 2.91. The SMILES string of the molecule is C[C@@H](O)[C@H]1C(=O)N2C(C(=O)OCc3ccc([N+](=O)[O-])cc3)=C(OC(=O)Oc3ccccc3)[C@H](C)[C@H]12. The highest BCUT2D eigenvalue weighted by atomic mass is 16.7. The van der Waals surface area contributed by atoms with E-state index in [1.165, 1.54) is 36.1 Å². The second kappa shape index (κ2) is 9.55. The minimum absolute atomic E-state index is 0.0962. The zero-order chi connectivity index (χ0) is 25.3. The smallest absolute Gasteiger partial charge is 0.456 e. The molecule has 1 amide bonds. The van der Waals surface area contributed by atoms with Crippen molar-refractivity contribution in [2.75, 3.05) is 0 Å². The summed E-state index contributed by atoms with van der Waals surface area (Å²) in [5, 5.41) is 20.9. The van der Waals surface area contributed by atoms with Crippen molar-refractivity contribution >= 4 is 23.7 Å². The second-order valence-electron chi connectivity index (χ2n) is 8.23. The highest BCUT2D eigenvalue weighted by Gasteiger charge is 2.61. The van der Waals surface area contributed by atoms with Crippen LogP contribution in [0.5, 0.6) is 5.75 Å². The van der Waals surface area contributed by atoms with Gasteiger partial charge in [0.25, 0.3) is 5.69 Å². The van der Waals surface area contributed by atoms with Gasteiger partial charge in [0.05, 0.1) is 23.0 Å². The van der Waals surface area contributed by atoms with Crippen LogP contribution in [-0.2, 0) is 25.7 Å². The van der Waals surface area contributed by atoms with Crippen molar-refractivity contribution in [1.29, 1.82) is 0 Å². The lowest BCUT2D eigenvalue weighted by molar-refractivity contribution is -0.384. The number of carbonyl (C=O) groups is 3. The van der Waals surface area contributed by atoms with E-state index in [9.17, 15) is 29.6 Å². The van der Waals surface area contributed by atoms with Crippen LogP contribution in [0.3, 0.4) is 0 Å². The van der Waals surface area contributed by atoms with Gasteiger partial charge in [-0.15, -0.1) is 0 Å². The normalized spacial score (nSPS) is 21.6. The van der Waals surface area contributed by atoms with Crippen molar-refractivity contribution in [1.82, 2.24) is 4.90 Å². The predicted molar refractivity (Wildman–Crippen MR) is 118 cm³/mol. The molecule has 0 spiro atoms. The van der Waals surface area contributed by atoms with Crippen LogP contribution in [0.1, 0.15) is 19.4 Å². The third kappa shape index (κ3) is 4.58. The Morgan fingerprint density at radius 2 is 1.77 bits per heavy atom. The van der Waals surface area contributed by atoms with E-state index < -0.39 is 46.9 Å². The number of nitro groups is 1. The number of nitro benzene ring substituents is 1. The Kier molecular flexibility index (Phi) is 6.52. The van der Waals surface area contributed by atoms with Crippen molar-refractivity contribution in [2.24, 2.45) is 11.8 Å². The first-order valence-corrected chi connectivity index (χ1v) is 10.8. The van der Waals surface area contributed by atoms with Gasteiger partial charge in [-0.1, -0.05) is 25.1 Å². The van der Waals surface area contributed by atoms with Crippen LogP contribution < -0.4 is 4.74 Å². The lowest BCUT2D eigenvalue weighted by atomic mass is 9.79. The molecule has 0 unspecified atom stereocenters.